The molecule has 18 heavy (non-hydrogen) atoms. The first-order chi connectivity index (χ1) is 8.49. The smallest absolute Gasteiger partial charge is 0.110 e. The molecule has 0 saturated heterocycles. The van der Waals surface area contributed by atoms with Gasteiger partial charge in [0.05, 0.1) is 5.41 Å². The molecule has 1 aliphatic carbocycles. The van der Waals surface area contributed by atoms with Crippen molar-refractivity contribution in [1.82, 2.24) is 4.90 Å². The third-order valence-electron chi connectivity index (χ3n) is 3.91. The van der Waals surface area contributed by atoms with Crippen LogP contribution < -0.4 is 5.73 Å². The Labute approximate surface area is 109 Å². The normalized spacial score (nSPS) is 26.2. The molecule has 3 N–H and O–H groups in total. The fourth-order valence-electron chi connectivity index (χ4n) is 2.96. The fourth-order valence-corrected chi connectivity index (χ4v) is 2.96. The molecule has 0 bridgehead atoms. The van der Waals surface area contributed by atoms with E-state index in [-0.39, 0.29) is 5.41 Å². The minimum atomic E-state index is -0.183. The zero-order valence-corrected chi connectivity index (χ0v) is 11.1. The summed E-state index contributed by atoms with van der Waals surface area (Å²) in [6.45, 7) is 5.97. The molecule has 1 saturated carbocycles. The predicted octanol–water partition coefficient (Wildman–Crippen LogP) is 2.99. The molecular weight excluding hydrogens is 222 g/mol. The molecule has 3 nitrogen and oxygen atoms in total. The quantitative estimate of drug-likeness (QED) is 0.487. The Morgan fingerprint density at radius 3 is 2.72 bits per heavy atom. The zero-order valence-electron chi connectivity index (χ0n) is 11.1. The highest BCUT2D eigenvalue weighted by Gasteiger charge is 2.48. The number of nitrogens with zero attached hydrogens (tertiary/aromatic N) is 1. The first-order valence-corrected chi connectivity index (χ1v) is 6.30. The maximum atomic E-state index is 8.41. The van der Waals surface area contributed by atoms with Gasteiger partial charge in [0.15, 0.2) is 0 Å². The van der Waals surface area contributed by atoms with Crippen molar-refractivity contribution < 1.29 is 0 Å². The van der Waals surface area contributed by atoms with E-state index in [1.54, 1.807) is 11.1 Å². The number of nitrogens with two attached hydrogens (primary N) is 1. The van der Waals surface area contributed by atoms with Gasteiger partial charge in [-0.2, -0.15) is 0 Å². The molecule has 0 amide bonds. The molecule has 3 heteroatoms. The summed E-state index contributed by atoms with van der Waals surface area (Å²) in [6.07, 6.45) is 3.71. The van der Waals surface area contributed by atoms with Gasteiger partial charge in [0.25, 0.3) is 0 Å². The maximum absolute atomic E-state index is 8.41. The number of likely N-dealkylation sites (N-methyl/N-ethyl adjacent to an activating group) is 1. The topological polar surface area (TPSA) is 53.1 Å². The Hall–Kier alpha value is -1.77. The number of rotatable bonds is 3. The van der Waals surface area contributed by atoms with Gasteiger partial charge in [-0.1, -0.05) is 25.6 Å². The van der Waals surface area contributed by atoms with E-state index in [2.05, 4.69) is 19.6 Å². The highest BCUT2D eigenvalue weighted by molar-refractivity contribution is 5.92. The summed E-state index contributed by atoms with van der Waals surface area (Å²) in [5.41, 5.74) is 7.61. The summed E-state index contributed by atoms with van der Waals surface area (Å²) in [5.74, 6) is 1.27. The van der Waals surface area contributed by atoms with Gasteiger partial charge in [-0.15, -0.1) is 0 Å². The molecule has 0 radical (unpaired) electrons. The number of nitrogen functional groups attached to an aromatic ring is 1. The predicted molar refractivity (Wildman–Crippen MR) is 76.6 cm³/mol. The molecule has 2 rings (SSSR count). The summed E-state index contributed by atoms with van der Waals surface area (Å²) >= 11 is 0. The minimum absolute atomic E-state index is 0.183. The van der Waals surface area contributed by atoms with Crippen molar-refractivity contribution in [1.29, 1.82) is 5.41 Å². The van der Waals surface area contributed by atoms with Crippen LogP contribution in [0, 0.1) is 11.3 Å². The minimum Gasteiger partial charge on any atom is -0.399 e. The number of hydrogen-bond acceptors (Lipinski definition) is 2. The van der Waals surface area contributed by atoms with Crippen LogP contribution >= 0.6 is 0 Å². The second-order valence-corrected chi connectivity index (χ2v) is 5.36. The van der Waals surface area contributed by atoms with Crippen molar-refractivity contribution in [3.05, 3.63) is 42.6 Å². The maximum Gasteiger partial charge on any atom is 0.110 e. The molecule has 1 fully saturated rings. The van der Waals surface area contributed by atoms with E-state index in [1.165, 1.54) is 0 Å². The third-order valence-corrected chi connectivity index (χ3v) is 3.91. The lowest BCUT2D eigenvalue weighted by molar-refractivity contribution is 0.215. The SMILES string of the molecule is C=CN(C)C(=N)C1(c2cccc(N)c2)CC(C)C1. The van der Waals surface area contributed by atoms with Crippen molar-refractivity contribution >= 4 is 11.5 Å². The number of benzene rings is 1. The van der Waals surface area contributed by atoms with Crippen LogP contribution in [-0.2, 0) is 5.41 Å². The van der Waals surface area contributed by atoms with Crippen LogP contribution in [0.5, 0.6) is 0 Å². The standard InChI is InChI=1S/C15H21N3/c1-4-18(3)14(17)15(9-11(2)10-15)12-6-5-7-13(16)8-12/h4-8,11,17H,1,9-10,16H2,2-3H3. The number of nitrogens with one attached hydrogen (secondary N) is 1. The largest absolute Gasteiger partial charge is 0.399 e. The van der Waals surface area contributed by atoms with Crippen LogP contribution in [0.3, 0.4) is 0 Å². The van der Waals surface area contributed by atoms with Crippen molar-refractivity contribution in [3.8, 4) is 0 Å². The Morgan fingerprint density at radius 2 is 2.22 bits per heavy atom. The molecule has 1 aromatic rings. The molecule has 0 unspecified atom stereocenters. The molecule has 0 spiro atoms. The van der Waals surface area contributed by atoms with Gasteiger partial charge in [0, 0.05) is 12.7 Å². The van der Waals surface area contributed by atoms with Gasteiger partial charge in [-0.05, 0) is 42.7 Å². The summed E-state index contributed by atoms with van der Waals surface area (Å²) in [5, 5.41) is 8.41. The van der Waals surface area contributed by atoms with Gasteiger partial charge in [0.2, 0.25) is 0 Å². The summed E-state index contributed by atoms with van der Waals surface area (Å²) in [4.78, 5) is 1.80. The van der Waals surface area contributed by atoms with E-state index < -0.39 is 0 Å². The van der Waals surface area contributed by atoms with E-state index in [4.69, 9.17) is 11.1 Å². The van der Waals surface area contributed by atoms with Gasteiger partial charge in [-0.25, -0.2) is 0 Å². The Bertz CT molecular complexity index is 472. The van der Waals surface area contributed by atoms with Crippen molar-refractivity contribution in [2.45, 2.75) is 25.2 Å². The molecule has 0 heterocycles. The lowest BCUT2D eigenvalue weighted by Crippen LogP contribution is -2.51. The Kier molecular flexibility index (Phi) is 3.16. The molecule has 0 aromatic heterocycles. The zero-order chi connectivity index (χ0) is 13.3. The molecule has 0 aliphatic heterocycles. The number of hydrogen-bond donors (Lipinski definition) is 2. The van der Waals surface area contributed by atoms with Crippen LogP contribution in [0.2, 0.25) is 0 Å². The molecule has 1 aromatic carbocycles. The lowest BCUT2D eigenvalue weighted by Gasteiger charge is -2.49. The van der Waals surface area contributed by atoms with Gasteiger partial charge < -0.3 is 10.6 Å². The number of anilines is 1. The van der Waals surface area contributed by atoms with E-state index in [9.17, 15) is 0 Å². The average molecular weight is 243 g/mol. The summed E-state index contributed by atoms with van der Waals surface area (Å²) < 4.78 is 0. The summed E-state index contributed by atoms with van der Waals surface area (Å²) in [7, 11) is 1.88. The molecular formula is C15H21N3. The average Bonchev–Trinajstić information content (AvgIpc) is 2.32. The second kappa shape index (κ2) is 4.48. The Balaban J connectivity index is 2.39. The van der Waals surface area contributed by atoms with Gasteiger partial charge >= 0.3 is 0 Å². The van der Waals surface area contributed by atoms with E-state index >= 15 is 0 Å². The monoisotopic (exact) mass is 243 g/mol. The molecule has 0 atom stereocenters. The van der Waals surface area contributed by atoms with E-state index in [0.717, 1.165) is 24.1 Å². The van der Waals surface area contributed by atoms with Crippen molar-refractivity contribution in [3.63, 3.8) is 0 Å². The van der Waals surface area contributed by atoms with Crippen LogP contribution in [0.1, 0.15) is 25.3 Å². The summed E-state index contributed by atoms with van der Waals surface area (Å²) in [6, 6.07) is 7.93. The first kappa shape index (κ1) is 12.7. The van der Waals surface area contributed by atoms with Crippen LogP contribution in [0.25, 0.3) is 0 Å². The number of amidine groups is 1. The van der Waals surface area contributed by atoms with Gasteiger partial charge in [0.1, 0.15) is 5.84 Å². The molecule has 1 aliphatic rings. The van der Waals surface area contributed by atoms with Crippen LogP contribution in [-0.4, -0.2) is 17.8 Å². The Morgan fingerprint density at radius 1 is 1.56 bits per heavy atom. The lowest BCUT2D eigenvalue weighted by atomic mass is 9.58. The molecule has 96 valence electrons. The van der Waals surface area contributed by atoms with Crippen LogP contribution in [0.4, 0.5) is 5.69 Å². The van der Waals surface area contributed by atoms with E-state index in [0.29, 0.717) is 11.8 Å². The highest BCUT2D eigenvalue weighted by Crippen LogP contribution is 2.49. The van der Waals surface area contributed by atoms with Crippen molar-refractivity contribution in [2.24, 2.45) is 5.92 Å². The second-order valence-electron chi connectivity index (χ2n) is 5.36. The highest BCUT2D eigenvalue weighted by atomic mass is 15.1. The fraction of sp³-hybridized carbons (Fsp3) is 0.400. The third kappa shape index (κ3) is 1.90. The van der Waals surface area contributed by atoms with E-state index in [1.807, 2.05) is 25.2 Å². The first-order valence-electron chi connectivity index (χ1n) is 6.30. The van der Waals surface area contributed by atoms with Crippen molar-refractivity contribution in [2.75, 3.05) is 12.8 Å². The van der Waals surface area contributed by atoms with Gasteiger partial charge in [-0.3, -0.25) is 5.41 Å². The van der Waals surface area contributed by atoms with Crippen LogP contribution in [0.15, 0.2) is 37.0 Å².